The summed E-state index contributed by atoms with van der Waals surface area (Å²) in [5.41, 5.74) is 0.942. The van der Waals surface area contributed by atoms with Gasteiger partial charge in [0.25, 0.3) is 0 Å². The number of urea groups is 1. The lowest BCUT2D eigenvalue weighted by atomic mass is 10.0. The van der Waals surface area contributed by atoms with Gasteiger partial charge in [-0.3, -0.25) is 10.2 Å². The topological polar surface area (TPSA) is 53.4 Å². The van der Waals surface area contributed by atoms with Crippen LogP contribution in [-0.2, 0) is 0 Å². The Kier molecular flexibility index (Phi) is 6.28. The van der Waals surface area contributed by atoms with Crippen LogP contribution in [0.1, 0.15) is 44.8 Å². The molecule has 6 nitrogen and oxygen atoms in total. The Labute approximate surface area is 155 Å². The molecule has 1 atom stereocenters. The van der Waals surface area contributed by atoms with Crippen molar-refractivity contribution in [1.82, 2.24) is 19.6 Å². The molecule has 0 bridgehead atoms. The van der Waals surface area contributed by atoms with Gasteiger partial charge < -0.3 is 4.90 Å². The van der Waals surface area contributed by atoms with Gasteiger partial charge in [-0.2, -0.15) is 16.9 Å². The molecule has 140 valence electrons. The van der Waals surface area contributed by atoms with E-state index in [1.54, 1.807) is 0 Å². The third-order valence-corrected chi connectivity index (χ3v) is 6.36. The molecule has 0 radical (unpaired) electrons. The normalized spacial score (nSPS) is 21.3. The fourth-order valence-corrected chi connectivity index (χ4v) is 4.62. The highest BCUT2D eigenvalue weighted by Gasteiger charge is 2.28. The maximum Gasteiger partial charge on any atom is 0.323 e. The number of rotatable bonds is 4. The van der Waals surface area contributed by atoms with E-state index < -0.39 is 0 Å². The van der Waals surface area contributed by atoms with Gasteiger partial charge in [0.1, 0.15) is 5.82 Å². The van der Waals surface area contributed by atoms with Gasteiger partial charge in [0.2, 0.25) is 0 Å². The van der Waals surface area contributed by atoms with Crippen molar-refractivity contribution >= 4 is 23.6 Å². The standard InChI is InChI=1S/C18H31N5OS/c1-4-15(3)23-17(13-14(2)20-23)19-18(24)22-7-5-16(6-8-22)21-9-11-25-12-10-21/h13,15-16H,4-12H2,1-3H3,(H,19,24)/t15-/m1/s1. The van der Waals surface area contributed by atoms with Crippen LogP contribution >= 0.6 is 11.8 Å². The number of aryl methyl sites for hydroxylation is 1. The van der Waals surface area contributed by atoms with Crippen molar-refractivity contribution in [3.63, 3.8) is 0 Å². The second kappa shape index (κ2) is 8.45. The van der Waals surface area contributed by atoms with E-state index in [2.05, 4.69) is 40.9 Å². The Morgan fingerprint density at radius 3 is 2.64 bits per heavy atom. The summed E-state index contributed by atoms with van der Waals surface area (Å²) in [5, 5.41) is 7.61. The van der Waals surface area contributed by atoms with Gasteiger partial charge in [0, 0.05) is 49.8 Å². The van der Waals surface area contributed by atoms with Gasteiger partial charge >= 0.3 is 6.03 Å². The van der Waals surface area contributed by atoms with Crippen LogP contribution in [0.3, 0.4) is 0 Å². The highest BCUT2D eigenvalue weighted by molar-refractivity contribution is 7.99. The molecule has 25 heavy (non-hydrogen) atoms. The predicted molar refractivity (Wildman–Crippen MR) is 104 cm³/mol. The predicted octanol–water partition coefficient (Wildman–Crippen LogP) is 3.21. The maximum atomic E-state index is 12.7. The fourth-order valence-electron chi connectivity index (χ4n) is 3.68. The molecule has 1 N–H and O–H groups in total. The average molecular weight is 366 g/mol. The van der Waals surface area contributed by atoms with E-state index in [9.17, 15) is 4.79 Å². The van der Waals surface area contributed by atoms with Gasteiger partial charge in [-0.15, -0.1) is 0 Å². The van der Waals surface area contributed by atoms with E-state index >= 15 is 0 Å². The Balaban J connectivity index is 1.54. The molecule has 1 aromatic rings. The maximum absolute atomic E-state index is 12.7. The van der Waals surface area contributed by atoms with Crippen molar-refractivity contribution < 1.29 is 4.79 Å². The lowest BCUT2D eigenvalue weighted by molar-refractivity contribution is 0.129. The summed E-state index contributed by atoms with van der Waals surface area (Å²) >= 11 is 2.05. The molecular weight excluding hydrogens is 334 g/mol. The minimum atomic E-state index is 0.0112. The minimum Gasteiger partial charge on any atom is -0.324 e. The quantitative estimate of drug-likeness (QED) is 0.890. The second-order valence-corrected chi connectivity index (χ2v) is 8.39. The molecule has 2 amide bonds. The number of nitrogens with zero attached hydrogens (tertiary/aromatic N) is 4. The number of nitrogens with one attached hydrogen (secondary N) is 1. The zero-order valence-corrected chi connectivity index (χ0v) is 16.5. The summed E-state index contributed by atoms with van der Waals surface area (Å²) in [5.74, 6) is 3.31. The van der Waals surface area contributed by atoms with Crippen molar-refractivity contribution in [3.8, 4) is 0 Å². The summed E-state index contributed by atoms with van der Waals surface area (Å²) in [6, 6.07) is 2.91. The Morgan fingerprint density at radius 2 is 2.00 bits per heavy atom. The first-order valence-corrected chi connectivity index (χ1v) is 10.7. The summed E-state index contributed by atoms with van der Waals surface area (Å²) in [7, 11) is 0. The van der Waals surface area contributed by atoms with E-state index in [-0.39, 0.29) is 12.1 Å². The summed E-state index contributed by atoms with van der Waals surface area (Å²) in [6.45, 7) is 10.3. The first-order valence-electron chi connectivity index (χ1n) is 9.52. The second-order valence-electron chi connectivity index (χ2n) is 7.17. The molecule has 3 rings (SSSR count). The highest BCUT2D eigenvalue weighted by atomic mass is 32.2. The average Bonchev–Trinajstić information content (AvgIpc) is 3.02. The molecule has 0 unspecified atom stereocenters. The molecule has 0 aromatic carbocycles. The van der Waals surface area contributed by atoms with Crippen LogP contribution in [0.4, 0.5) is 10.6 Å². The molecule has 2 saturated heterocycles. The Morgan fingerprint density at radius 1 is 1.32 bits per heavy atom. The van der Waals surface area contributed by atoms with Gasteiger partial charge in [0.05, 0.1) is 11.7 Å². The number of piperidine rings is 1. The fraction of sp³-hybridized carbons (Fsp3) is 0.778. The zero-order chi connectivity index (χ0) is 17.8. The van der Waals surface area contributed by atoms with Gasteiger partial charge in [0.15, 0.2) is 0 Å². The van der Waals surface area contributed by atoms with Crippen molar-refractivity contribution in [3.05, 3.63) is 11.8 Å². The molecular formula is C18H31N5OS. The van der Waals surface area contributed by atoms with Crippen molar-refractivity contribution in [2.24, 2.45) is 0 Å². The van der Waals surface area contributed by atoms with Crippen molar-refractivity contribution in [1.29, 1.82) is 0 Å². The number of anilines is 1. The van der Waals surface area contributed by atoms with Crippen LogP contribution in [0.2, 0.25) is 0 Å². The summed E-state index contributed by atoms with van der Waals surface area (Å²) in [4.78, 5) is 17.3. The number of hydrogen-bond donors (Lipinski definition) is 1. The first-order chi connectivity index (χ1) is 12.1. The Bertz CT molecular complexity index is 576. The van der Waals surface area contributed by atoms with E-state index in [1.807, 2.05) is 22.6 Å². The largest absolute Gasteiger partial charge is 0.324 e. The van der Waals surface area contributed by atoms with Crippen LogP contribution in [0.15, 0.2) is 6.07 Å². The number of likely N-dealkylation sites (tertiary alicyclic amines) is 1. The van der Waals surface area contributed by atoms with Crippen molar-refractivity contribution in [2.75, 3.05) is 43.0 Å². The highest BCUT2D eigenvalue weighted by Crippen LogP contribution is 2.22. The third kappa shape index (κ3) is 4.50. The monoisotopic (exact) mass is 365 g/mol. The van der Waals surface area contributed by atoms with Gasteiger partial charge in [-0.05, 0) is 33.1 Å². The van der Waals surface area contributed by atoms with Crippen LogP contribution in [0.5, 0.6) is 0 Å². The third-order valence-electron chi connectivity index (χ3n) is 5.41. The van der Waals surface area contributed by atoms with Crippen LogP contribution in [-0.4, -0.2) is 69.3 Å². The smallest absolute Gasteiger partial charge is 0.323 e. The molecule has 2 aliphatic heterocycles. The lowest BCUT2D eigenvalue weighted by Gasteiger charge is -2.40. The van der Waals surface area contributed by atoms with E-state index in [1.165, 1.54) is 24.6 Å². The van der Waals surface area contributed by atoms with Gasteiger partial charge in [-0.1, -0.05) is 6.92 Å². The first kappa shape index (κ1) is 18.6. The van der Waals surface area contributed by atoms with Crippen molar-refractivity contribution in [2.45, 2.75) is 52.1 Å². The van der Waals surface area contributed by atoms with Crippen LogP contribution < -0.4 is 5.32 Å². The number of carbonyl (C=O) groups is 1. The van der Waals surface area contributed by atoms with Gasteiger partial charge in [-0.25, -0.2) is 9.48 Å². The minimum absolute atomic E-state index is 0.0112. The Hall–Kier alpha value is -1.21. The zero-order valence-electron chi connectivity index (χ0n) is 15.7. The molecule has 0 aliphatic carbocycles. The van der Waals surface area contributed by atoms with E-state index in [0.717, 1.165) is 43.9 Å². The number of amides is 2. The summed E-state index contributed by atoms with van der Waals surface area (Å²) < 4.78 is 1.94. The van der Waals surface area contributed by atoms with Crippen LogP contribution in [0.25, 0.3) is 0 Å². The van der Waals surface area contributed by atoms with E-state index in [0.29, 0.717) is 6.04 Å². The molecule has 3 heterocycles. The lowest BCUT2D eigenvalue weighted by Crippen LogP contribution is -2.49. The van der Waals surface area contributed by atoms with E-state index in [4.69, 9.17) is 0 Å². The molecule has 2 aliphatic rings. The summed E-state index contributed by atoms with van der Waals surface area (Å²) in [6.07, 6.45) is 3.16. The number of thioether (sulfide) groups is 1. The molecule has 0 saturated carbocycles. The SMILES string of the molecule is CC[C@@H](C)n1nc(C)cc1NC(=O)N1CCC(N2CCSCC2)CC1. The number of aromatic nitrogens is 2. The molecule has 0 spiro atoms. The molecule has 2 fully saturated rings. The molecule has 1 aromatic heterocycles. The van der Waals surface area contributed by atoms with Crippen LogP contribution in [0, 0.1) is 6.92 Å². The number of carbonyl (C=O) groups excluding carboxylic acids is 1. The number of hydrogen-bond acceptors (Lipinski definition) is 4. The molecule has 7 heteroatoms.